The van der Waals surface area contributed by atoms with Crippen LogP contribution in [-0.4, -0.2) is 51.7 Å². The quantitative estimate of drug-likeness (QED) is 0.194. The van der Waals surface area contributed by atoms with E-state index in [0.717, 1.165) is 22.4 Å². The molecule has 49 heavy (non-hydrogen) atoms. The number of anilines is 2. The predicted octanol–water partition coefficient (Wildman–Crippen LogP) is 5.56. The van der Waals surface area contributed by atoms with Gasteiger partial charge in [-0.3, -0.25) is 14.4 Å². The summed E-state index contributed by atoms with van der Waals surface area (Å²) in [5, 5.41) is 28.0. The maximum Gasteiger partial charge on any atom is 0.264 e. The van der Waals surface area contributed by atoms with Crippen molar-refractivity contribution in [1.82, 2.24) is 4.90 Å². The highest BCUT2D eigenvalue weighted by Crippen LogP contribution is 2.47. The van der Waals surface area contributed by atoms with Crippen LogP contribution in [0.2, 0.25) is 0 Å². The first kappa shape index (κ1) is 33.5. The Kier molecular flexibility index (Phi) is 10.1. The fourth-order valence-electron chi connectivity index (χ4n) is 6.44. The van der Waals surface area contributed by atoms with Crippen molar-refractivity contribution in [3.8, 4) is 0 Å². The molecule has 0 unspecified atom stereocenters. The van der Waals surface area contributed by atoms with Crippen molar-refractivity contribution in [2.75, 3.05) is 23.1 Å². The van der Waals surface area contributed by atoms with Crippen molar-refractivity contribution >= 4 is 34.8 Å². The lowest BCUT2D eigenvalue weighted by Gasteiger charge is -2.29. The van der Waals surface area contributed by atoms with Gasteiger partial charge in [0.15, 0.2) is 5.60 Å². The number of fused-ring (bicyclic) bond motifs is 1. The Labute approximate surface area is 286 Å². The molecule has 2 N–H and O–H groups in total. The Morgan fingerprint density at radius 3 is 2.24 bits per heavy atom. The van der Waals surface area contributed by atoms with Gasteiger partial charge in [-0.2, -0.15) is 5.10 Å². The number of amides is 3. The van der Waals surface area contributed by atoms with Crippen molar-refractivity contribution in [2.24, 2.45) is 11.0 Å². The molecule has 6 rings (SSSR count). The Hall–Kier alpha value is -5.38. The van der Waals surface area contributed by atoms with Gasteiger partial charge in [-0.25, -0.2) is 5.01 Å². The van der Waals surface area contributed by atoms with Crippen LogP contribution in [0, 0.1) is 5.92 Å². The molecule has 2 heterocycles. The van der Waals surface area contributed by atoms with Crippen LogP contribution in [-0.2, 0) is 33.1 Å². The average Bonchev–Trinajstić information content (AvgIpc) is 3.34. The van der Waals surface area contributed by atoms with Gasteiger partial charge < -0.3 is 20.0 Å². The summed E-state index contributed by atoms with van der Waals surface area (Å²) >= 11 is 0. The molecule has 4 aromatic rings. The highest BCUT2D eigenvalue weighted by molar-refractivity contribution is 6.10. The normalized spacial score (nSPS) is 18.1. The van der Waals surface area contributed by atoms with Gasteiger partial charge >= 0.3 is 0 Å². The molecule has 0 radical (unpaired) electrons. The van der Waals surface area contributed by atoms with E-state index in [0.29, 0.717) is 29.9 Å². The highest BCUT2D eigenvalue weighted by Gasteiger charge is 2.52. The Morgan fingerprint density at radius 1 is 0.918 bits per heavy atom. The zero-order chi connectivity index (χ0) is 34.4. The third kappa shape index (κ3) is 7.09. The van der Waals surface area contributed by atoms with Crippen LogP contribution in [0.25, 0.3) is 0 Å². The first-order valence-corrected chi connectivity index (χ1v) is 16.6. The summed E-state index contributed by atoms with van der Waals surface area (Å²) in [6.45, 7) is 2.38. The molecule has 0 fully saturated rings. The van der Waals surface area contributed by atoms with E-state index in [1.807, 2.05) is 91.0 Å². The third-order valence-electron chi connectivity index (χ3n) is 9.14. The van der Waals surface area contributed by atoms with Crippen molar-refractivity contribution in [3.63, 3.8) is 0 Å². The summed E-state index contributed by atoms with van der Waals surface area (Å²) in [4.78, 5) is 43.8. The van der Waals surface area contributed by atoms with Crippen molar-refractivity contribution < 1.29 is 24.6 Å². The molecular weight excluding hydrogens is 616 g/mol. The summed E-state index contributed by atoms with van der Waals surface area (Å²) in [5.41, 5.74) is 2.95. The summed E-state index contributed by atoms with van der Waals surface area (Å²) in [7, 11) is 0. The molecule has 2 aliphatic heterocycles. The van der Waals surface area contributed by atoms with Crippen LogP contribution in [0.5, 0.6) is 0 Å². The summed E-state index contributed by atoms with van der Waals surface area (Å²) in [6.07, 6.45) is 4.18. The van der Waals surface area contributed by atoms with Gasteiger partial charge in [0.05, 0.1) is 30.2 Å². The van der Waals surface area contributed by atoms with Gasteiger partial charge in [0.2, 0.25) is 11.8 Å². The molecule has 0 aromatic heterocycles. The fourth-order valence-corrected chi connectivity index (χ4v) is 6.44. The van der Waals surface area contributed by atoms with Gasteiger partial charge in [0, 0.05) is 43.8 Å². The molecule has 9 nitrogen and oxygen atoms in total. The zero-order valence-corrected chi connectivity index (χ0v) is 27.5. The largest absolute Gasteiger partial charge is 0.395 e. The van der Waals surface area contributed by atoms with Crippen LogP contribution in [0.4, 0.5) is 11.4 Å². The summed E-state index contributed by atoms with van der Waals surface area (Å²) in [5.74, 6) is -1.59. The molecule has 0 bridgehead atoms. The molecule has 9 heteroatoms. The van der Waals surface area contributed by atoms with Crippen molar-refractivity contribution in [1.29, 1.82) is 0 Å². The third-order valence-corrected chi connectivity index (χ3v) is 9.14. The zero-order valence-electron chi connectivity index (χ0n) is 27.5. The average molecular weight is 657 g/mol. The van der Waals surface area contributed by atoms with Gasteiger partial charge in [0.25, 0.3) is 5.91 Å². The number of carbonyl (C=O) groups is 3. The molecule has 2 aliphatic rings. The lowest BCUT2D eigenvalue weighted by Crippen LogP contribution is -2.44. The fraction of sp³-hybridized carbons (Fsp3) is 0.250. The van der Waals surface area contributed by atoms with Gasteiger partial charge in [-0.05, 0) is 34.9 Å². The standard InChI is InChI=1S/C40H40N4O5/c1-29(12-11-19-37(46)42(24-25-45)27-30-13-5-2-6-14-30)40(49)34-26-33(44-38(47)23-21-35(41-44)32-17-9-4-10-18-32)20-22-36(34)43(39(40)48)28-31-15-7-3-8-16-31/h2-18,20,22,26,29,45,49H,19,21,23-25,27-28H2,1H3/b12-11+/t29-,40+/m1/s1. The van der Waals surface area contributed by atoms with E-state index in [2.05, 4.69) is 0 Å². The van der Waals surface area contributed by atoms with E-state index in [1.54, 1.807) is 47.1 Å². The van der Waals surface area contributed by atoms with E-state index in [1.165, 1.54) is 5.01 Å². The highest BCUT2D eigenvalue weighted by atomic mass is 16.3. The Bertz CT molecular complexity index is 1860. The first-order chi connectivity index (χ1) is 23.8. The number of hydrogen-bond donors (Lipinski definition) is 2. The van der Waals surface area contributed by atoms with E-state index in [4.69, 9.17) is 5.10 Å². The van der Waals surface area contributed by atoms with Crippen LogP contribution < -0.4 is 9.91 Å². The second-order valence-electron chi connectivity index (χ2n) is 12.4. The van der Waals surface area contributed by atoms with Gasteiger partial charge in [-0.1, -0.05) is 110 Å². The van der Waals surface area contributed by atoms with Crippen molar-refractivity contribution in [3.05, 3.63) is 144 Å². The maximum absolute atomic E-state index is 14.2. The van der Waals surface area contributed by atoms with Gasteiger partial charge in [-0.15, -0.1) is 0 Å². The molecule has 0 saturated carbocycles. The van der Waals surface area contributed by atoms with Gasteiger partial charge in [0.1, 0.15) is 0 Å². The lowest BCUT2D eigenvalue weighted by molar-refractivity contribution is -0.139. The smallest absolute Gasteiger partial charge is 0.264 e. The maximum atomic E-state index is 14.2. The minimum absolute atomic E-state index is 0.0291. The minimum atomic E-state index is -1.97. The van der Waals surface area contributed by atoms with E-state index < -0.39 is 17.4 Å². The molecule has 0 spiro atoms. The van der Waals surface area contributed by atoms with Crippen LogP contribution in [0.15, 0.2) is 126 Å². The lowest BCUT2D eigenvalue weighted by atomic mass is 9.82. The minimum Gasteiger partial charge on any atom is -0.395 e. The van der Waals surface area contributed by atoms with E-state index >= 15 is 0 Å². The second-order valence-corrected chi connectivity index (χ2v) is 12.4. The molecular formula is C40H40N4O5. The number of aliphatic hydroxyl groups is 2. The van der Waals surface area contributed by atoms with E-state index in [9.17, 15) is 24.6 Å². The number of hydrazone groups is 1. The monoisotopic (exact) mass is 656 g/mol. The first-order valence-electron chi connectivity index (χ1n) is 16.6. The SMILES string of the molecule is C[C@H](/C=C/CC(=O)N(CCO)Cc1ccccc1)[C@@]1(O)C(=O)N(Cc2ccccc2)c2ccc(N3N=C(c4ccccc4)CCC3=O)cc21. The molecule has 3 amide bonds. The number of carbonyl (C=O) groups excluding carboxylic acids is 3. The predicted molar refractivity (Wildman–Crippen MR) is 190 cm³/mol. The number of nitrogens with zero attached hydrogens (tertiary/aromatic N) is 4. The number of aliphatic hydroxyl groups excluding tert-OH is 1. The molecule has 0 aliphatic carbocycles. The van der Waals surface area contributed by atoms with Crippen LogP contribution >= 0.6 is 0 Å². The van der Waals surface area contributed by atoms with Crippen LogP contribution in [0.1, 0.15) is 48.4 Å². The molecule has 250 valence electrons. The Morgan fingerprint density at radius 2 is 1.57 bits per heavy atom. The van der Waals surface area contributed by atoms with E-state index in [-0.39, 0.29) is 44.4 Å². The number of rotatable bonds is 12. The topological polar surface area (TPSA) is 114 Å². The van der Waals surface area contributed by atoms with Crippen LogP contribution in [0.3, 0.4) is 0 Å². The summed E-state index contributed by atoms with van der Waals surface area (Å²) in [6, 6.07) is 34.0. The second kappa shape index (κ2) is 14.8. The number of benzene rings is 4. The molecule has 2 atom stereocenters. The molecule has 4 aromatic carbocycles. The summed E-state index contributed by atoms with van der Waals surface area (Å²) < 4.78 is 0. The van der Waals surface area contributed by atoms with Crippen molar-refractivity contribution in [2.45, 2.75) is 44.9 Å². The Balaban J connectivity index is 1.30. The molecule has 0 saturated heterocycles. The number of hydrogen-bond acceptors (Lipinski definition) is 6.